The first-order valence-corrected chi connectivity index (χ1v) is 9.52. The van der Waals surface area contributed by atoms with Gasteiger partial charge in [-0.2, -0.15) is 0 Å². The zero-order valence-corrected chi connectivity index (χ0v) is 15.7. The zero-order valence-electron chi connectivity index (χ0n) is 15.7. The average molecular weight is 351 g/mol. The van der Waals surface area contributed by atoms with Crippen LogP contribution in [0.2, 0.25) is 0 Å². The Morgan fingerprint density at radius 3 is 2.35 bits per heavy atom. The summed E-state index contributed by atoms with van der Waals surface area (Å²) < 4.78 is 0. The molecular formula is C22H29N3O. The van der Waals surface area contributed by atoms with E-state index in [1.54, 1.807) is 0 Å². The number of hydrogen-bond acceptors (Lipinski definition) is 3. The van der Waals surface area contributed by atoms with Gasteiger partial charge in [0.15, 0.2) is 0 Å². The second kappa shape index (κ2) is 8.37. The predicted octanol–water partition coefficient (Wildman–Crippen LogP) is 3.80. The van der Waals surface area contributed by atoms with Crippen LogP contribution in [-0.2, 0) is 4.79 Å². The van der Waals surface area contributed by atoms with E-state index in [0.29, 0.717) is 0 Å². The van der Waals surface area contributed by atoms with Crippen LogP contribution in [0.25, 0.3) is 0 Å². The molecule has 1 fully saturated rings. The number of nitrogens with one attached hydrogen (secondary N) is 1. The minimum atomic E-state index is -0.306. The second-order valence-electron chi connectivity index (χ2n) is 7.24. The number of benzene rings is 2. The van der Waals surface area contributed by atoms with E-state index in [9.17, 15) is 4.79 Å². The molecule has 3 N–H and O–H groups in total. The maximum atomic E-state index is 12.7. The van der Waals surface area contributed by atoms with Gasteiger partial charge < -0.3 is 16.0 Å². The number of nitrogens with two attached hydrogens (primary N) is 1. The SMILES string of the molecule is CC(NC(=O)C(C)C(N)c1ccccc1)c1cccc(N2CCCC2)c1. The van der Waals surface area contributed by atoms with Crippen molar-refractivity contribution in [3.63, 3.8) is 0 Å². The van der Waals surface area contributed by atoms with Gasteiger partial charge in [-0.15, -0.1) is 0 Å². The summed E-state index contributed by atoms with van der Waals surface area (Å²) in [7, 11) is 0. The first-order chi connectivity index (χ1) is 12.6. The van der Waals surface area contributed by atoms with Gasteiger partial charge in [0.05, 0.1) is 12.0 Å². The van der Waals surface area contributed by atoms with E-state index in [1.165, 1.54) is 18.5 Å². The molecule has 4 nitrogen and oxygen atoms in total. The fourth-order valence-corrected chi connectivity index (χ4v) is 3.52. The number of nitrogens with zero attached hydrogens (tertiary/aromatic N) is 1. The van der Waals surface area contributed by atoms with Crippen LogP contribution in [-0.4, -0.2) is 19.0 Å². The van der Waals surface area contributed by atoms with Crippen molar-refractivity contribution in [2.45, 2.75) is 38.8 Å². The highest BCUT2D eigenvalue weighted by Gasteiger charge is 2.23. The van der Waals surface area contributed by atoms with Crippen molar-refractivity contribution >= 4 is 11.6 Å². The quantitative estimate of drug-likeness (QED) is 0.832. The maximum Gasteiger partial charge on any atom is 0.225 e. The van der Waals surface area contributed by atoms with Crippen LogP contribution in [0.15, 0.2) is 54.6 Å². The van der Waals surface area contributed by atoms with Crippen LogP contribution in [0.1, 0.15) is 49.9 Å². The third-order valence-electron chi connectivity index (χ3n) is 5.34. The van der Waals surface area contributed by atoms with Crippen molar-refractivity contribution in [1.29, 1.82) is 0 Å². The molecule has 0 aromatic heterocycles. The fourth-order valence-electron chi connectivity index (χ4n) is 3.52. The van der Waals surface area contributed by atoms with E-state index in [0.717, 1.165) is 24.2 Å². The topological polar surface area (TPSA) is 58.4 Å². The molecular weight excluding hydrogens is 322 g/mol. The van der Waals surface area contributed by atoms with E-state index >= 15 is 0 Å². The van der Waals surface area contributed by atoms with Crippen LogP contribution in [0.5, 0.6) is 0 Å². The zero-order chi connectivity index (χ0) is 18.5. The van der Waals surface area contributed by atoms with E-state index < -0.39 is 0 Å². The van der Waals surface area contributed by atoms with E-state index in [1.807, 2.05) is 44.2 Å². The first-order valence-electron chi connectivity index (χ1n) is 9.52. The second-order valence-corrected chi connectivity index (χ2v) is 7.24. The van der Waals surface area contributed by atoms with Gasteiger partial charge in [-0.1, -0.05) is 49.4 Å². The Morgan fingerprint density at radius 1 is 1.00 bits per heavy atom. The Labute approximate surface area is 156 Å². The van der Waals surface area contributed by atoms with Crippen molar-refractivity contribution in [1.82, 2.24) is 5.32 Å². The smallest absolute Gasteiger partial charge is 0.225 e. The molecule has 1 saturated heterocycles. The molecule has 3 unspecified atom stereocenters. The average Bonchev–Trinajstić information content (AvgIpc) is 3.22. The van der Waals surface area contributed by atoms with E-state index in [2.05, 4.69) is 34.5 Å². The molecule has 4 heteroatoms. The molecule has 3 rings (SSSR count). The normalized spacial score (nSPS) is 17.6. The van der Waals surface area contributed by atoms with Gasteiger partial charge in [-0.05, 0) is 43.0 Å². The molecule has 3 atom stereocenters. The van der Waals surface area contributed by atoms with Crippen LogP contribution in [0.4, 0.5) is 5.69 Å². The summed E-state index contributed by atoms with van der Waals surface area (Å²) in [6.07, 6.45) is 2.51. The number of anilines is 1. The molecule has 2 aromatic rings. The molecule has 26 heavy (non-hydrogen) atoms. The number of amides is 1. The summed E-state index contributed by atoms with van der Waals surface area (Å²) in [5, 5.41) is 3.13. The number of rotatable bonds is 6. The Kier molecular flexibility index (Phi) is 5.94. The van der Waals surface area contributed by atoms with E-state index in [-0.39, 0.29) is 23.9 Å². The molecule has 0 spiro atoms. The Morgan fingerprint density at radius 2 is 1.65 bits per heavy atom. The minimum Gasteiger partial charge on any atom is -0.372 e. The third-order valence-corrected chi connectivity index (χ3v) is 5.34. The predicted molar refractivity (Wildman–Crippen MR) is 107 cm³/mol. The summed E-state index contributed by atoms with van der Waals surface area (Å²) in [6, 6.07) is 17.9. The number of hydrogen-bond donors (Lipinski definition) is 2. The Hall–Kier alpha value is -2.33. The molecule has 0 aliphatic carbocycles. The molecule has 138 valence electrons. The molecule has 0 bridgehead atoms. The lowest BCUT2D eigenvalue weighted by Gasteiger charge is -2.24. The molecule has 1 amide bonds. The van der Waals surface area contributed by atoms with Crippen molar-refractivity contribution in [3.05, 3.63) is 65.7 Å². The highest BCUT2D eigenvalue weighted by atomic mass is 16.1. The standard InChI is InChI=1S/C22H29N3O/c1-16(21(23)18-9-4-3-5-10-18)22(26)24-17(2)19-11-8-12-20(15-19)25-13-6-7-14-25/h3-5,8-12,15-17,21H,6-7,13-14,23H2,1-2H3,(H,24,26). The minimum absolute atomic E-state index is 0.0135. The van der Waals surface area contributed by atoms with Gasteiger partial charge in [-0.25, -0.2) is 0 Å². The summed E-state index contributed by atoms with van der Waals surface area (Å²) in [6.45, 7) is 6.16. The summed E-state index contributed by atoms with van der Waals surface area (Å²) in [5.74, 6) is -0.304. The first kappa shape index (κ1) is 18.5. The van der Waals surface area contributed by atoms with Crippen molar-refractivity contribution in [2.24, 2.45) is 11.7 Å². The molecule has 0 radical (unpaired) electrons. The Balaban J connectivity index is 1.64. The third kappa shape index (κ3) is 4.25. The largest absolute Gasteiger partial charge is 0.372 e. The monoisotopic (exact) mass is 351 g/mol. The number of carbonyl (C=O) groups is 1. The van der Waals surface area contributed by atoms with Crippen molar-refractivity contribution < 1.29 is 4.79 Å². The Bertz CT molecular complexity index is 725. The summed E-state index contributed by atoms with van der Waals surface area (Å²) in [4.78, 5) is 15.1. The van der Waals surface area contributed by atoms with Crippen molar-refractivity contribution in [2.75, 3.05) is 18.0 Å². The summed E-state index contributed by atoms with van der Waals surface area (Å²) >= 11 is 0. The van der Waals surface area contributed by atoms with Crippen molar-refractivity contribution in [3.8, 4) is 0 Å². The lowest BCUT2D eigenvalue weighted by molar-refractivity contribution is -0.125. The van der Waals surface area contributed by atoms with E-state index in [4.69, 9.17) is 5.73 Å². The van der Waals surface area contributed by atoms with Gasteiger partial charge in [0.2, 0.25) is 5.91 Å². The van der Waals surface area contributed by atoms with Gasteiger partial charge in [0.1, 0.15) is 0 Å². The fraction of sp³-hybridized carbons (Fsp3) is 0.409. The highest BCUT2D eigenvalue weighted by molar-refractivity contribution is 5.79. The lowest BCUT2D eigenvalue weighted by Crippen LogP contribution is -2.37. The highest BCUT2D eigenvalue weighted by Crippen LogP contribution is 2.25. The summed E-state index contributed by atoms with van der Waals surface area (Å²) in [5.41, 5.74) is 9.65. The number of carbonyl (C=O) groups excluding carboxylic acids is 1. The molecule has 1 heterocycles. The van der Waals surface area contributed by atoms with Crippen LogP contribution < -0.4 is 16.0 Å². The molecule has 1 aliphatic rings. The van der Waals surface area contributed by atoms with Crippen LogP contribution in [0, 0.1) is 5.92 Å². The van der Waals surface area contributed by atoms with Crippen LogP contribution >= 0.6 is 0 Å². The maximum absolute atomic E-state index is 12.7. The molecule has 1 aliphatic heterocycles. The molecule has 2 aromatic carbocycles. The van der Waals surface area contributed by atoms with Gasteiger partial charge in [0.25, 0.3) is 0 Å². The van der Waals surface area contributed by atoms with Crippen LogP contribution in [0.3, 0.4) is 0 Å². The lowest BCUT2D eigenvalue weighted by atomic mass is 9.94. The van der Waals surface area contributed by atoms with Gasteiger partial charge >= 0.3 is 0 Å². The van der Waals surface area contributed by atoms with Gasteiger partial charge in [0, 0.05) is 24.8 Å². The molecule has 0 saturated carbocycles. The van der Waals surface area contributed by atoms with Gasteiger partial charge in [-0.3, -0.25) is 4.79 Å².